The lowest BCUT2D eigenvalue weighted by molar-refractivity contribution is 0.0810. The zero-order valence-corrected chi connectivity index (χ0v) is 9.40. The summed E-state index contributed by atoms with van der Waals surface area (Å²) in [4.78, 5) is 13.3. The Labute approximate surface area is 88.9 Å². The molecular weight excluding hydrogens is 192 g/mol. The van der Waals surface area contributed by atoms with Crippen molar-refractivity contribution in [3.63, 3.8) is 0 Å². The molecular formula is C10H14N4O. The number of hydrogen-bond acceptors (Lipinski definition) is 3. The number of aromatic nitrogens is 2. The molecule has 15 heavy (non-hydrogen) atoms. The Morgan fingerprint density at radius 2 is 2.20 bits per heavy atom. The van der Waals surface area contributed by atoms with Crippen molar-refractivity contribution in [2.45, 2.75) is 13.8 Å². The molecule has 1 amide bonds. The van der Waals surface area contributed by atoms with Crippen molar-refractivity contribution in [1.82, 2.24) is 14.7 Å². The summed E-state index contributed by atoms with van der Waals surface area (Å²) in [6, 6.07) is 1.94. The largest absolute Gasteiger partial charge is 0.328 e. The highest BCUT2D eigenvalue weighted by molar-refractivity contribution is 5.96. The highest BCUT2D eigenvalue weighted by Gasteiger charge is 2.20. The molecule has 0 radical (unpaired) electrons. The predicted molar refractivity (Wildman–Crippen MR) is 55.3 cm³/mol. The average molecular weight is 206 g/mol. The fraction of sp³-hybridized carbons (Fsp3) is 0.500. The lowest BCUT2D eigenvalue weighted by Gasteiger charge is -2.12. The van der Waals surface area contributed by atoms with E-state index in [9.17, 15) is 4.79 Å². The number of aryl methyl sites for hydroxylation is 2. The van der Waals surface area contributed by atoms with Crippen molar-refractivity contribution in [3.8, 4) is 6.07 Å². The Morgan fingerprint density at radius 1 is 1.60 bits per heavy atom. The summed E-state index contributed by atoms with van der Waals surface area (Å²) in [6.07, 6.45) is 0. The first kappa shape index (κ1) is 11.2. The zero-order valence-electron chi connectivity index (χ0n) is 9.40. The van der Waals surface area contributed by atoms with Crippen molar-refractivity contribution in [2.24, 2.45) is 7.05 Å². The van der Waals surface area contributed by atoms with Gasteiger partial charge in [-0.15, -0.1) is 0 Å². The lowest BCUT2D eigenvalue weighted by Crippen LogP contribution is -2.27. The van der Waals surface area contributed by atoms with Crippen molar-refractivity contribution in [1.29, 1.82) is 5.26 Å². The Balaban J connectivity index is 3.07. The highest BCUT2D eigenvalue weighted by Crippen LogP contribution is 2.13. The van der Waals surface area contributed by atoms with E-state index in [1.54, 1.807) is 25.7 Å². The van der Waals surface area contributed by atoms with Crippen LogP contribution < -0.4 is 0 Å². The average Bonchev–Trinajstić information content (AvgIpc) is 2.41. The van der Waals surface area contributed by atoms with E-state index in [4.69, 9.17) is 5.26 Å². The lowest BCUT2D eigenvalue weighted by atomic mass is 10.2. The SMILES string of the molecule is Cc1nn(C)c(C)c1C(=O)N(C)CC#N. The van der Waals surface area contributed by atoms with Crippen LogP contribution in [0.1, 0.15) is 21.7 Å². The summed E-state index contributed by atoms with van der Waals surface area (Å²) in [6.45, 7) is 3.72. The fourth-order valence-electron chi connectivity index (χ4n) is 1.45. The molecule has 0 saturated heterocycles. The number of rotatable bonds is 2. The van der Waals surface area contributed by atoms with Gasteiger partial charge in [0.2, 0.25) is 0 Å². The van der Waals surface area contributed by atoms with Gasteiger partial charge in [-0.05, 0) is 13.8 Å². The van der Waals surface area contributed by atoms with Crippen LogP contribution in [-0.4, -0.2) is 34.2 Å². The van der Waals surface area contributed by atoms with E-state index in [0.717, 1.165) is 5.69 Å². The van der Waals surface area contributed by atoms with Gasteiger partial charge in [-0.1, -0.05) is 0 Å². The van der Waals surface area contributed by atoms with Crippen molar-refractivity contribution < 1.29 is 4.79 Å². The first-order valence-electron chi connectivity index (χ1n) is 4.61. The normalized spacial score (nSPS) is 9.80. The van der Waals surface area contributed by atoms with Crippen LogP contribution in [0.4, 0.5) is 0 Å². The van der Waals surface area contributed by atoms with Gasteiger partial charge in [0.25, 0.3) is 5.91 Å². The maximum Gasteiger partial charge on any atom is 0.258 e. The van der Waals surface area contributed by atoms with E-state index in [1.165, 1.54) is 4.90 Å². The van der Waals surface area contributed by atoms with E-state index in [2.05, 4.69) is 5.10 Å². The van der Waals surface area contributed by atoms with Crippen LogP contribution in [0.2, 0.25) is 0 Å². The van der Waals surface area contributed by atoms with Gasteiger partial charge in [-0.2, -0.15) is 10.4 Å². The molecule has 0 N–H and O–H groups in total. The number of hydrogen-bond donors (Lipinski definition) is 0. The van der Waals surface area contributed by atoms with Crippen LogP contribution in [0.5, 0.6) is 0 Å². The molecule has 0 spiro atoms. The molecule has 1 rings (SSSR count). The predicted octanol–water partition coefficient (Wildman–Crippen LogP) is 0.633. The van der Waals surface area contributed by atoms with Gasteiger partial charge < -0.3 is 4.90 Å². The first-order chi connectivity index (χ1) is 6.99. The van der Waals surface area contributed by atoms with Crippen molar-refractivity contribution in [3.05, 3.63) is 17.0 Å². The van der Waals surface area contributed by atoms with Gasteiger partial charge in [0.15, 0.2) is 0 Å². The second kappa shape index (κ2) is 4.13. The molecule has 0 atom stereocenters. The van der Waals surface area contributed by atoms with Crippen LogP contribution in [0, 0.1) is 25.2 Å². The molecule has 0 fully saturated rings. The summed E-state index contributed by atoms with van der Waals surface area (Å²) in [5.74, 6) is -0.153. The quantitative estimate of drug-likeness (QED) is 0.667. The van der Waals surface area contributed by atoms with Gasteiger partial charge in [0.1, 0.15) is 6.54 Å². The molecule has 0 aliphatic rings. The Kier molecular flexibility index (Phi) is 3.10. The van der Waals surface area contributed by atoms with Gasteiger partial charge in [-0.25, -0.2) is 0 Å². The van der Waals surface area contributed by atoms with E-state index < -0.39 is 0 Å². The highest BCUT2D eigenvalue weighted by atomic mass is 16.2. The van der Waals surface area contributed by atoms with Crippen LogP contribution in [-0.2, 0) is 7.05 Å². The maximum absolute atomic E-state index is 11.9. The molecule has 0 saturated carbocycles. The number of carbonyl (C=O) groups is 1. The topological polar surface area (TPSA) is 61.9 Å². The standard InChI is InChI=1S/C10H14N4O/c1-7-9(8(2)14(4)12-7)10(15)13(3)6-5-11/h6H2,1-4H3. The summed E-state index contributed by atoms with van der Waals surface area (Å²) in [5, 5.41) is 12.7. The van der Waals surface area contributed by atoms with Crippen LogP contribution in [0.3, 0.4) is 0 Å². The van der Waals surface area contributed by atoms with E-state index in [0.29, 0.717) is 11.3 Å². The molecule has 5 heteroatoms. The summed E-state index contributed by atoms with van der Waals surface area (Å²) in [5.41, 5.74) is 2.11. The third-order valence-corrected chi connectivity index (χ3v) is 2.38. The number of carbonyl (C=O) groups excluding carboxylic acids is 1. The Hall–Kier alpha value is -1.83. The fourth-order valence-corrected chi connectivity index (χ4v) is 1.45. The number of nitriles is 1. The van der Waals surface area contributed by atoms with E-state index in [1.807, 2.05) is 13.0 Å². The molecule has 1 aromatic rings. The summed E-state index contributed by atoms with van der Waals surface area (Å²) < 4.78 is 1.67. The minimum atomic E-state index is -0.153. The maximum atomic E-state index is 11.9. The molecule has 0 aliphatic carbocycles. The summed E-state index contributed by atoms with van der Waals surface area (Å²) >= 11 is 0. The third-order valence-electron chi connectivity index (χ3n) is 2.38. The summed E-state index contributed by atoms with van der Waals surface area (Å²) in [7, 11) is 3.40. The minimum Gasteiger partial charge on any atom is -0.328 e. The number of amides is 1. The Morgan fingerprint density at radius 3 is 2.60 bits per heavy atom. The third kappa shape index (κ3) is 1.99. The number of nitrogens with zero attached hydrogens (tertiary/aromatic N) is 4. The van der Waals surface area contributed by atoms with Crippen molar-refractivity contribution >= 4 is 5.91 Å². The molecule has 5 nitrogen and oxygen atoms in total. The van der Waals surface area contributed by atoms with Crippen molar-refractivity contribution in [2.75, 3.05) is 13.6 Å². The minimum absolute atomic E-state index is 0.0899. The molecule has 0 aliphatic heterocycles. The zero-order chi connectivity index (χ0) is 11.6. The van der Waals surface area contributed by atoms with Gasteiger partial charge in [0.05, 0.1) is 17.3 Å². The second-order valence-electron chi connectivity index (χ2n) is 3.49. The smallest absolute Gasteiger partial charge is 0.258 e. The Bertz CT molecular complexity index is 427. The molecule has 0 unspecified atom stereocenters. The molecule has 80 valence electrons. The van der Waals surface area contributed by atoms with Gasteiger partial charge in [-0.3, -0.25) is 9.48 Å². The van der Waals surface area contributed by atoms with Gasteiger partial charge >= 0.3 is 0 Å². The molecule has 1 aromatic heterocycles. The molecule has 0 bridgehead atoms. The van der Waals surface area contributed by atoms with Crippen LogP contribution in [0.25, 0.3) is 0 Å². The van der Waals surface area contributed by atoms with Crippen LogP contribution in [0.15, 0.2) is 0 Å². The van der Waals surface area contributed by atoms with Gasteiger partial charge in [0, 0.05) is 19.8 Å². The molecule has 1 heterocycles. The van der Waals surface area contributed by atoms with Crippen LogP contribution >= 0.6 is 0 Å². The van der Waals surface area contributed by atoms with E-state index >= 15 is 0 Å². The first-order valence-corrected chi connectivity index (χ1v) is 4.61. The van der Waals surface area contributed by atoms with E-state index in [-0.39, 0.29) is 12.5 Å². The monoisotopic (exact) mass is 206 g/mol. The molecule has 0 aromatic carbocycles. The second-order valence-corrected chi connectivity index (χ2v) is 3.49.